The quantitative estimate of drug-likeness (QED) is 0.0866. The fourth-order valence-corrected chi connectivity index (χ4v) is 5.64. The monoisotopic (exact) mass is 638 g/mol. The first-order valence-electron chi connectivity index (χ1n) is 13.0. The molecule has 2 heterocycles. The second kappa shape index (κ2) is 16.4. The Labute approximate surface area is 257 Å². The zero-order chi connectivity index (χ0) is 28.5. The Kier molecular flexibility index (Phi) is 13.7. The maximum Gasteiger partial charge on any atom is 3.00 e. The average molecular weight is 639 g/mol. The maximum absolute atomic E-state index is 11.9. The molecule has 3 N–H and O–H groups in total. The summed E-state index contributed by atoms with van der Waals surface area (Å²) in [6, 6.07) is 16.2. The Balaban J connectivity index is 0.00000308. The Morgan fingerprint density at radius 2 is 1.33 bits per heavy atom. The van der Waals surface area contributed by atoms with E-state index in [0.717, 1.165) is 37.1 Å². The van der Waals surface area contributed by atoms with Gasteiger partial charge in [-0.2, -0.15) is 8.42 Å². The zero-order valence-corrected chi connectivity index (χ0v) is 25.2. The minimum Gasteiger partial charge on any atom is -0.495 e. The number of carboxylic acids is 1. The predicted octanol–water partition coefficient (Wildman–Crippen LogP) is 4.16. The molecule has 2 aromatic heterocycles. The van der Waals surface area contributed by atoms with Crippen LogP contribution < -0.4 is 0 Å². The number of rotatable bonds is 12. The van der Waals surface area contributed by atoms with Gasteiger partial charge >= 0.3 is 23.0 Å². The van der Waals surface area contributed by atoms with E-state index in [1.165, 1.54) is 24.3 Å². The van der Waals surface area contributed by atoms with Crippen molar-refractivity contribution in [1.29, 1.82) is 0 Å². The van der Waals surface area contributed by atoms with Crippen LogP contribution in [0.2, 0.25) is 0 Å². The molecule has 0 saturated heterocycles. The van der Waals surface area contributed by atoms with Gasteiger partial charge < -0.3 is 17.6 Å². The summed E-state index contributed by atoms with van der Waals surface area (Å²) >= 11 is 0. The van der Waals surface area contributed by atoms with Crippen LogP contribution in [0.1, 0.15) is 37.1 Å². The SMILES string of the molecule is O=C(O)CN(Cc1ccccn1)[C@H]1CCCCC1N(CC(O)=Nc1ccc(S(=O)(=O)O)cc1)Cc1ccccn1.[CH3-].[Fe+3]. The number of aliphatic hydroxyl groups is 1. The van der Waals surface area contributed by atoms with Gasteiger partial charge in [-0.15, -0.1) is 0 Å². The fraction of sp³-hybridized carbons (Fsp3) is 0.345. The number of benzene rings is 1. The minimum absolute atomic E-state index is 0. The van der Waals surface area contributed by atoms with E-state index >= 15 is 0 Å². The third-order valence-corrected chi connectivity index (χ3v) is 7.76. The first-order chi connectivity index (χ1) is 19.2. The van der Waals surface area contributed by atoms with E-state index < -0.39 is 16.1 Å². The average Bonchev–Trinajstić information content (AvgIpc) is 2.93. The van der Waals surface area contributed by atoms with E-state index in [1.54, 1.807) is 12.4 Å². The number of carboxylic acid groups (broad SMARTS) is 1. The van der Waals surface area contributed by atoms with Crippen LogP contribution in [0.3, 0.4) is 0 Å². The van der Waals surface area contributed by atoms with Gasteiger partial charge in [-0.1, -0.05) is 25.0 Å². The molecule has 0 spiro atoms. The molecule has 4 rings (SSSR count). The Hall–Kier alpha value is -3.19. The number of nitrogens with zero attached hydrogens (tertiary/aromatic N) is 5. The molecular formula is C29H36FeN5O6S+2. The van der Waals surface area contributed by atoms with Crippen LogP contribution in [0.5, 0.6) is 0 Å². The van der Waals surface area contributed by atoms with Gasteiger partial charge in [-0.05, 0) is 61.4 Å². The molecule has 13 heteroatoms. The topological polar surface area (TPSA) is 157 Å². The molecule has 0 bridgehead atoms. The Bertz CT molecular complexity index is 1400. The van der Waals surface area contributed by atoms with Crippen molar-refractivity contribution < 1.29 is 45.0 Å². The molecule has 1 aromatic carbocycles. The number of pyridine rings is 2. The summed E-state index contributed by atoms with van der Waals surface area (Å²) in [5, 5.41) is 20.7. The summed E-state index contributed by atoms with van der Waals surface area (Å²) in [5.74, 6) is -1.11. The van der Waals surface area contributed by atoms with Gasteiger partial charge in [0.1, 0.15) is 0 Å². The van der Waals surface area contributed by atoms with Crippen LogP contribution in [-0.2, 0) is 45.1 Å². The number of carbonyl (C=O) groups is 1. The van der Waals surface area contributed by atoms with Gasteiger partial charge in [0.2, 0.25) is 5.90 Å². The molecule has 11 nitrogen and oxygen atoms in total. The molecule has 1 aliphatic rings. The first-order valence-corrected chi connectivity index (χ1v) is 14.5. The number of aromatic nitrogens is 2. The molecular weight excluding hydrogens is 602 g/mol. The molecule has 42 heavy (non-hydrogen) atoms. The van der Waals surface area contributed by atoms with Crippen molar-refractivity contribution in [1.82, 2.24) is 19.8 Å². The standard InChI is InChI=1S/C28H33N5O6S.CH3.Fe/c34-27(31-21-11-13-24(14-12-21)40(37,38)39)19-32(17-22-7-3-5-15-29-22)25-9-1-2-10-26(25)33(20-28(35)36)18-23-8-4-6-16-30-23;;/h3-8,11-16,25-26H,1-2,9-10,17-20H2,(H,31,34)(H,35,36)(H,37,38,39);1H3;/q;-1;+3/t25?,26-;;/m0../s1. The zero-order valence-electron chi connectivity index (χ0n) is 23.3. The van der Waals surface area contributed by atoms with Crippen molar-refractivity contribution in [2.24, 2.45) is 4.99 Å². The third-order valence-electron chi connectivity index (χ3n) is 6.89. The predicted molar refractivity (Wildman–Crippen MR) is 155 cm³/mol. The van der Waals surface area contributed by atoms with Gasteiger partial charge in [-0.25, -0.2) is 4.99 Å². The summed E-state index contributed by atoms with van der Waals surface area (Å²) < 4.78 is 31.9. The number of aliphatic imine (C=N–C) groups is 1. The second-order valence-corrected chi connectivity index (χ2v) is 11.2. The molecule has 0 amide bonds. The molecule has 1 unspecified atom stereocenters. The molecule has 1 radical (unpaired) electrons. The summed E-state index contributed by atoms with van der Waals surface area (Å²) in [7, 11) is -4.34. The van der Waals surface area contributed by atoms with E-state index in [1.807, 2.05) is 41.3 Å². The molecule has 1 saturated carbocycles. The number of hydrogen-bond acceptors (Lipinski definition) is 8. The third kappa shape index (κ3) is 10.3. The number of aliphatic carboxylic acids is 1. The largest absolute Gasteiger partial charge is 3.00 e. The van der Waals surface area contributed by atoms with Gasteiger partial charge in [0, 0.05) is 37.6 Å². The molecule has 1 aliphatic carbocycles. The number of hydrogen-bond donors (Lipinski definition) is 3. The van der Waals surface area contributed by atoms with Crippen LogP contribution in [-0.4, -0.2) is 80.0 Å². The molecule has 3 aromatic rings. The molecule has 225 valence electrons. The van der Waals surface area contributed by atoms with Crippen molar-refractivity contribution in [3.05, 3.63) is 91.9 Å². The van der Waals surface area contributed by atoms with Crippen molar-refractivity contribution in [2.45, 2.75) is 55.8 Å². The molecule has 2 atom stereocenters. The summed E-state index contributed by atoms with van der Waals surface area (Å²) in [5.41, 5.74) is 1.90. The molecule has 0 aliphatic heterocycles. The van der Waals surface area contributed by atoms with Gasteiger partial charge in [0.15, 0.2) is 0 Å². The first kappa shape index (κ1) is 35.0. The van der Waals surface area contributed by atoms with E-state index in [9.17, 15) is 28.0 Å². The van der Waals surface area contributed by atoms with Crippen LogP contribution in [0.4, 0.5) is 5.69 Å². The summed E-state index contributed by atoms with van der Waals surface area (Å²) in [6.45, 7) is 0.720. The number of aliphatic hydroxyl groups excluding tert-OH is 1. The smallest absolute Gasteiger partial charge is 0.495 e. The van der Waals surface area contributed by atoms with Crippen LogP contribution in [0.25, 0.3) is 0 Å². The maximum atomic E-state index is 11.9. The Morgan fingerprint density at radius 1 is 0.833 bits per heavy atom. The van der Waals surface area contributed by atoms with E-state index in [0.29, 0.717) is 18.8 Å². The van der Waals surface area contributed by atoms with Gasteiger partial charge in [0.25, 0.3) is 10.1 Å². The Morgan fingerprint density at radius 3 is 1.76 bits per heavy atom. The van der Waals surface area contributed by atoms with E-state index in [4.69, 9.17) is 0 Å². The van der Waals surface area contributed by atoms with Crippen molar-refractivity contribution >= 4 is 27.7 Å². The van der Waals surface area contributed by atoms with Crippen molar-refractivity contribution in [2.75, 3.05) is 13.1 Å². The van der Waals surface area contributed by atoms with E-state index in [-0.39, 0.29) is 60.5 Å². The van der Waals surface area contributed by atoms with Crippen molar-refractivity contribution in [3.8, 4) is 0 Å². The van der Waals surface area contributed by atoms with Gasteiger partial charge in [-0.3, -0.25) is 29.1 Å². The summed E-state index contributed by atoms with van der Waals surface area (Å²) in [4.78, 5) is 28.8. The fourth-order valence-electron chi connectivity index (χ4n) is 5.16. The van der Waals surface area contributed by atoms with Crippen LogP contribution in [0, 0.1) is 7.43 Å². The second-order valence-electron chi connectivity index (χ2n) is 9.76. The van der Waals surface area contributed by atoms with Gasteiger partial charge in [0.05, 0.1) is 35.1 Å². The molecule has 1 fully saturated rings. The van der Waals surface area contributed by atoms with Crippen LogP contribution >= 0.6 is 0 Å². The normalized spacial score (nSPS) is 17.4. The van der Waals surface area contributed by atoms with Crippen LogP contribution in [0.15, 0.2) is 82.9 Å². The van der Waals surface area contributed by atoms with Crippen molar-refractivity contribution in [3.63, 3.8) is 0 Å². The van der Waals surface area contributed by atoms with E-state index in [2.05, 4.69) is 19.9 Å². The minimum atomic E-state index is -4.34. The summed E-state index contributed by atoms with van der Waals surface area (Å²) in [6.07, 6.45) is 6.90.